The lowest BCUT2D eigenvalue weighted by molar-refractivity contribution is -0.0766. The first-order chi connectivity index (χ1) is 23.2. The molecule has 8 rings (SSSR count). The van der Waals surface area contributed by atoms with Crippen molar-refractivity contribution in [3.63, 3.8) is 0 Å². The fourth-order valence-corrected chi connectivity index (χ4v) is 8.84. The Morgan fingerprint density at radius 3 is 2.38 bits per heavy atom. The Bertz CT molecular complexity index is 1900. The van der Waals surface area contributed by atoms with Gasteiger partial charge in [-0.15, -0.1) is 0 Å². The molecule has 3 aromatic rings. The van der Waals surface area contributed by atoms with Gasteiger partial charge in [-0.05, 0) is 57.0 Å². The monoisotopic (exact) mass is 652 g/mol. The quantitative estimate of drug-likeness (QED) is 0.308. The number of aromatic hydroxyl groups is 1. The molecule has 0 aliphatic carbocycles. The van der Waals surface area contributed by atoms with Gasteiger partial charge in [-0.1, -0.05) is 18.2 Å². The Morgan fingerprint density at radius 1 is 1.00 bits per heavy atom. The van der Waals surface area contributed by atoms with Crippen molar-refractivity contribution < 1.29 is 38.4 Å². The normalized spacial score (nSPS) is 25.2. The highest BCUT2D eigenvalue weighted by molar-refractivity contribution is 6.21. The number of aryl methyl sites for hydroxylation is 1. The van der Waals surface area contributed by atoms with Gasteiger partial charge in [0.15, 0.2) is 29.8 Å². The number of phenols is 1. The minimum Gasteiger partial charge on any atom is -0.507 e. The fourth-order valence-electron chi connectivity index (χ4n) is 8.84. The van der Waals surface area contributed by atoms with E-state index in [-0.39, 0.29) is 44.0 Å². The summed E-state index contributed by atoms with van der Waals surface area (Å²) >= 11 is 0. The lowest BCUT2D eigenvalue weighted by atomic mass is 9.71. The van der Waals surface area contributed by atoms with Gasteiger partial charge in [0.1, 0.15) is 11.8 Å². The van der Waals surface area contributed by atoms with Crippen molar-refractivity contribution in [1.82, 2.24) is 14.7 Å². The Balaban J connectivity index is 1.35. The maximum Gasteiger partial charge on any atom is 0.261 e. The van der Waals surface area contributed by atoms with Crippen LogP contribution in [0.4, 0.5) is 0 Å². The number of benzene rings is 3. The van der Waals surface area contributed by atoms with E-state index in [4.69, 9.17) is 23.7 Å². The first-order valence-electron chi connectivity index (χ1n) is 16.0. The summed E-state index contributed by atoms with van der Waals surface area (Å²) < 4.78 is 29.4. The summed E-state index contributed by atoms with van der Waals surface area (Å²) in [5, 5.41) is 22.7. The zero-order valence-electron chi connectivity index (χ0n) is 27.4. The number of phenolic OH excluding ortho intramolecular Hbond substituents is 1. The summed E-state index contributed by atoms with van der Waals surface area (Å²) in [5.74, 6) is 1.37. The topological polar surface area (TPSA) is 134 Å². The molecule has 1 fully saturated rings. The number of hydrogen-bond acceptors (Lipinski definition) is 11. The van der Waals surface area contributed by atoms with Crippen LogP contribution in [0.2, 0.25) is 0 Å². The molecule has 12 heteroatoms. The number of fused-ring (bicyclic) bond motifs is 10. The van der Waals surface area contributed by atoms with Crippen LogP contribution < -0.4 is 18.9 Å². The number of carbonyl (C=O) groups is 2. The fraction of sp³-hybridized carbons (Fsp3) is 0.417. The summed E-state index contributed by atoms with van der Waals surface area (Å²) in [5.41, 5.74) is 5.42. The predicted octanol–water partition coefficient (Wildman–Crippen LogP) is 3.80. The Kier molecular flexibility index (Phi) is 7.07. The van der Waals surface area contributed by atoms with E-state index < -0.39 is 23.9 Å². The maximum atomic E-state index is 13.8. The van der Waals surface area contributed by atoms with Gasteiger partial charge in [0.25, 0.3) is 11.8 Å². The van der Waals surface area contributed by atoms with Gasteiger partial charge in [0, 0.05) is 48.0 Å². The minimum absolute atomic E-state index is 0.00990. The number of amides is 2. The predicted molar refractivity (Wildman–Crippen MR) is 170 cm³/mol. The van der Waals surface area contributed by atoms with Gasteiger partial charge in [0.2, 0.25) is 6.79 Å². The highest BCUT2D eigenvalue weighted by atomic mass is 16.7. The highest BCUT2D eigenvalue weighted by Crippen LogP contribution is 2.58. The number of rotatable bonds is 6. The van der Waals surface area contributed by atoms with Crippen molar-refractivity contribution in [2.45, 2.75) is 56.9 Å². The van der Waals surface area contributed by atoms with Crippen LogP contribution in [0.15, 0.2) is 30.3 Å². The third kappa shape index (κ3) is 4.04. The molecule has 0 radical (unpaired) electrons. The molecule has 5 atom stereocenters. The zero-order valence-corrected chi connectivity index (χ0v) is 27.4. The molecule has 0 aromatic heterocycles. The first kappa shape index (κ1) is 30.5. The van der Waals surface area contributed by atoms with E-state index >= 15 is 0 Å². The van der Waals surface area contributed by atoms with Crippen LogP contribution in [-0.2, 0) is 17.6 Å². The van der Waals surface area contributed by atoms with E-state index in [1.165, 1.54) is 4.90 Å². The molecule has 1 N–H and O–H groups in total. The number of imide groups is 1. The minimum atomic E-state index is -0.691. The van der Waals surface area contributed by atoms with Crippen molar-refractivity contribution in [3.8, 4) is 34.8 Å². The second-order valence-corrected chi connectivity index (χ2v) is 13.1. The van der Waals surface area contributed by atoms with E-state index in [1.807, 2.05) is 14.0 Å². The van der Waals surface area contributed by atoms with E-state index in [9.17, 15) is 20.0 Å². The van der Waals surface area contributed by atoms with Crippen molar-refractivity contribution in [1.29, 1.82) is 5.26 Å². The third-order valence-corrected chi connectivity index (χ3v) is 10.8. The van der Waals surface area contributed by atoms with Crippen LogP contribution in [0, 0.1) is 25.2 Å². The molecule has 2 amide bonds. The molecule has 5 heterocycles. The molecule has 48 heavy (non-hydrogen) atoms. The van der Waals surface area contributed by atoms with Gasteiger partial charge >= 0.3 is 0 Å². The number of carbonyl (C=O) groups excluding carboxylic acids is 2. The second kappa shape index (κ2) is 11.1. The first-order valence-corrected chi connectivity index (χ1v) is 16.0. The molecular formula is C36H36N4O8. The molecule has 5 aliphatic rings. The standard InChI is InChI=1S/C36H36N4O8/c1-17-10-19-11-23-25(13-37)40-24(29(38(23)3)27(19)33(31(17)45-5)46-15-44-4)12-22-28(34-32(47-16-48-34)18(2)30(22)41)26(40)14-39-35(42)20-8-6-7-9-21(20)36(39)43/h6-10,23-26,29,41H,11-12,14-16H2,1-5H3/t23-,24?,25-,26-,29-/m0/s1. The molecule has 0 saturated carbocycles. The van der Waals surface area contributed by atoms with Crippen molar-refractivity contribution in [2.75, 3.05) is 41.4 Å². The highest BCUT2D eigenvalue weighted by Gasteiger charge is 2.57. The summed E-state index contributed by atoms with van der Waals surface area (Å²) in [6.07, 6.45) is 0.915. The van der Waals surface area contributed by atoms with Gasteiger partial charge in [0.05, 0.1) is 36.4 Å². The number of hydrogen-bond donors (Lipinski definition) is 1. The van der Waals surface area contributed by atoms with Crippen LogP contribution in [0.5, 0.6) is 28.7 Å². The van der Waals surface area contributed by atoms with Gasteiger partial charge in [-0.25, -0.2) is 0 Å². The molecule has 12 nitrogen and oxygen atoms in total. The molecule has 1 unspecified atom stereocenters. The largest absolute Gasteiger partial charge is 0.507 e. The lowest BCUT2D eigenvalue weighted by Gasteiger charge is -2.60. The van der Waals surface area contributed by atoms with Crippen LogP contribution in [0.3, 0.4) is 0 Å². The molecule has 3 aromatic carbocycles. The number of piperazine rings is 1. The Hall–Kier alpha value is -4.83. The maximum absolute atomic E-state index is 13.8. The van der Waals surface area contributed by atoms with Crippen LogP contribution >= 0.6 is 0 Å². The SMILES string of the molecule is COCOc1c(OC)c(C)cc2c1[C@@H]1C3Cc4c(O)c(C)c5c(c4[C@H](CN4C(=O)c6ccccc6C4=O)N3[C@@H](C#N)[C@H](C2)N1C)OCO5. The smallest absolute Gasteiger partial charge is 0.261 e. The van der Waals surface area contributed by atoms with E-state index in [1.54, 1.807) is 45.4 Å². The molecule has 1 saturated heterocycles. The average molecular weight is 653 g/mol. The molecule has 0 spiro atoms. The second-order valence-electron chi connectivity index (χ2n) is 13.1. The number of nitrogens with zero attached hydrogens (tertiary/aromatic N) is 4. The van der Waals surface area contributed by atoms with E-state index in [2.05, 4.69) is 21.9 Å². The van der Waals surface area contributed by atoms with Crippen LogP contribution in [0.1, 0.15) is 66.2 Å². The van der Waals surface area contributed by atoms with Crippen LogP contribution in [0.25, 0.3) is 0 Å². The van der Waals surface area contributed by atoms with E-state index in [0.717, 1.165) is 16.7 Å². The van der Waals surface area contributed by atoms with Crippen molar-refractivity contribution in [2.24, 2.45) is 0 Å². The third-order valence-electron chi connectivity index (χ3n) is 10.8. The average Bonchev–Trinajstić information content (AvgIpc) is 3.66. The zero-order chi connectivity index (χ0) is 33.6. The van der Waals surface area contributed by atoms with Gasteiger partial charge < -0.3 is 28.8 Å². The van der Waals surface area contributed by atoms with Crippen molar-refractivity contribution in [3.05, 3.63) is 74.8 Å². The van der Waals surface area contributed by atoms with Crippen LogP contribution in [-0.4, -0.2) is 91.1 Å². The van der Waals surface area contributed by atoms with Gasteiger partial charge in [-0.2, -0.15) is 5.26 Å². The summed E-state index contributed by atoms with van der Waals surface area (Å²) in [6, 6.07) is 9.25. The number of methoxy groups -OCH3 is 2. The lowest BCUT2D eigenvalue weighted by Crippen LogP contribution is -2.69. The Morgan fingerprint density at radius 2 is 1.71 bits per heavy atom. The number of ether oxygens (including phenoxy) is 5. The molecule has 5 aliphatic heterocycles. The molecular weight excluding hydrogens is 616 g/mol. The summed E-state index contributed by atoms with van der Waals surface area (Å²) in [4.78, 5) is 33.2. The Labute approximate surface area is 277 Å². The van der Waals surface area contributed by atoms with E-state index in [0.29, 0.717) is 63.7 Å². The summed E-state index contributed by atoms with van der Waals surface area (Å²) in [6.45, 7) is 3.69. The number of nitriles is 1. The van der Waals surface area contributed by atoms with Gasteiger partial charge in [-0.3, -0.25) is 24.3 Å². The number of likely N-dealkylation sites (N-methyl/N-ethyl adjacent to an activating group) is 1. The summed E-state index contributed by atoms with van der Waals surface area (Å²) in [7, 11) is 5.20. The van der Waals surface area contributed by atoms with Crippen molar-refractivity contribution >= 4 is 11.8 Å². The molecule has 2 bridgehead atoms. The molecule has 248 valence electrons.